The molecule has 1 aromatic carbocycles. The highest BCUT2D eigenvalue weighted by Gasteiger charge is 2.20. The van der Waals surface area contributed by atoms with Crippen molar-refractivity contribution in [2.45, 2.75) is 77.6 Å². The summed E-state index contributed by atoms with van der Waals surface area (Å²) in [7, 11) is 0. The number of aryl methyl sites for hydroxylation is 2. The summed E-state index contributed by atoms with van der Waals surface area (Å²) in [6, 6.07) is 4.36. The summed E-state index contributed by atoms with van der Waals surface area (Å²) in [5.74, 6) is 1.14. The van der Waals surface area contributed by atoms with E-state index < -0.39 is 0 Å². The van der Waals surface area contributed by atoms with Crippen LogP contribution in [0.4, 0.5) is 0 Å². The lowest BCUT2D eigenvalue weighted by Gasteiger charge is -2.24. The third-order valence-electron chi connectivity index (χ3n) is 4.57. The van der Waals surface area contributed by atoms with Crippen LogP contribution in [0, 0.1) is 0 Å². The van der Waals surface area contributed by atoms with E-state index in [0.717, 1.165) is 6.42 Å². The number of benzene rings is 1. The Morgan fingerprint density at radius 2 is 1.79 bits per heavy atom. The van der Waals surface area contributed by atoms with Crippen molar-refractivity contribution in [3.05, 3.63) is 28.8 Å². The second kappa shape index (κ2) is 6.98. The second-order valence-electron chi connectivity index (χ2n) is 5.97. The Hall–Kier alpha value is -0.980. The molecular formula is C18H28O. The number of phenols is 1. The standard InChI is InChI=1S/C18H28O/c1-3-5-9-16-12-17(15-10-7-6-8-11-15)18(19)13-14(16)4-2/h12-13,15,19H,3-11H2,1-2H3. The fourth-order valence-electron chi connectivity index (χ4n) is 3.37. The first kappa shape index (κ1) is 14.4. The number of hydrogen-bond donors (Lipinski definition) is 1. The third kappa shape index (κ3) is 3.52. The normalized spacial score (nSPS) is 16.7. The molecule has 1 fully saturated rings. The first-order valence-corrected chi connectivity index (χ1v) is 8.10. The van der Waals surface area contributed by atoms with Crippen LogP contribution in [0.3, 0.4) is 0 Å². The van der Waals surface area contributed by atoms with E-state index in [1.54, 1.807) is 0 Å². The van der Waals surface area contributed by atoms with Gasteiger partial charge in [-0.25, -0.2) is 0 Å². The molecule has 19 heavy (non-hydrogen) atoms. The smallest absolute Gasteiger partial charge is 0.119 e. The molecule has 0 unspecified atom stereocenters. The Morgan fingerprint density at radius 3 is 2.42 bits per heavy atom. The van der Waals surface area contributed by atoms with Crippen LogP contribution >= 0.6 is 0 Å². The molecule has 0 amide bonds. The zero-order valence-electron chi connectivity index (χ0n) is 12.5. The van der Waals surface area contributed by atoms with E-state index in [4.69, 9.17) is 0 Å². The van der Waals surface area contributed by atoms with Crippen LogP contribution in [-0.2, 0) is 12.8 Å². The van der Waals surface area contributed by atoms with Crippen LogP contribution < -0.4 is 0 Å². The van der Waals surface area contributed by atoms with E-state index in [1.807, 2.05) is 6.07 Å². The number of aromatic hydroxyl groups is 1. The number of phenolic OH excluding ortho intramolecular Hbond substituents is 1. The summed E-state index contributed by atoms with van der Waals surface area (Å²) < 4.78 is 0. The Kier molecular flexibility index (Phi) is 5.30. The van der Waals surface area contributed by atoms with Gasteiger partial charge in [-0.3, -0.25) is 0 Å². The zero-order chi connectivity index (χ0) is 13.7. The van der Waals surface area contributed by atoms with Crippen molar-refractivity contribution in [2.24, 2.45) is 0 Å². The lowest BCUT2D eigenvalue weighted by atomic mass is 9.82. The van der Waals surface area contributed by atoms with Crippen LogP contribution in [0.25, 0.3) is 0 Å². The van der Waals surface area contributed by atoms with Gasteiger partial charge in [-0.05, 0) is 60.8 Å². The molecule has 0 bridgehead atoms. The van der Waals surface area contributed by atoms with Crippen molar-refractivity contribution in [3.63, 3.8) is 0 Å². The maximum Gasteiger partial charge on any atom is 0.119 e. The predicted octanol–water partition coefficient (Wildman–Crippen LogP) is 5.34. The first-order chi connectivity index (χ1) is 9.26. The summed E-state index contributed by atoms with van der Waals surface area (Å²) in [6.07, 6.45) is 11.2. The van der Waals surface area contributed by atoms with Crippen LogP contribution in [-0.4, -0.2) is 5.11 Å². The summed E-state index contributed by atoms with van der Waals surface area (Å²) in [5.41, 5.74) is 4.04. The Morgan fingerprint density at radius 1 is 1.05 bits per heavy atom. The molecule has 0 aliphatic heterocycles. The molecule has 106 valence electrons. The van der Waals surface area contributed by atoms with E-state index in [1.165, 1.54) is 68.1 Å². The van der Waals surface area contributed by atoms with Gasteiger partial charge >= 0.3 is 0 Å². The van der Waals surface area contributed by atoms with Gasteiger partial charge in [0, 0.05) is 0 Å². The first-order valence-electron chi connectivity index (χ1n) is 8.10. The quantitative estimate of drug-likeness (QED) is 0.757. The molecule has 0 radical (unpaired) electrons. The number of rotatable bonds is 5. The summed E-state index contributed by atoms with van der Waals surface area (Å²) in [4.78, 5) is 0. The highest BCUT2D eigenvalue weighted by atomic mass is 16.3. The molecule has 1 aromatic rings. The molecule has 0 heterocycles. The van der Waals surface area contributed by atoms with E-state index >= 15 is 0 Å². The second-order valence-corrected chi connectivity index (χ2v) is 5.97. The summed E-state index contributed by atoms with van der Waals surface area (Å²) in [5, 5.41) is 10.3. The number of unbranched alkanes of at least 4 members (excludes halogenated alkanes) is 1. The average Bonchev–Trinajstić information content (AvgIpc) is 2.46. The molecule has 1 aliphatic rings. The molecule has 0 atom stereocenters. The van der Waals surface area contributed by atoms with Gasteiger partial charge in [-0.2, -0.15) is 0 Å². The van der Waals surface area contributed by atoms with Crippen molar-refractivity contribution in [1.29, 1.82) is 0 Å². The molecule has 0 spiro atoms. The molecule has 1 saturated carbocycles. The lowest BCUT2D eigenvalue weighted by molar-refractivity contribution is 0.413. The van der Waals surface area contributed by atoms with Crippen LogP contribution in [0.1, 0.15) is 81.4 Å². The monoisotopic (exact) mass is 260 g/mol. The number of hydrogen-bond acceptors (Lipinski definition) is 1. The average molecular weight is 260 g/mol. The van der Waals surface area contributed by atoms with Crippen molar-refractivity contribution < 1.29 is 5.11 Å². The van der Waals surface area contributed by atoms with Gasteiger partial charge in [0.05, 0.1) is 0 Å². The minimum absolute atomic E-state index is 0.545. The molecule has 1 nitrogen and oxygen atoms in total. The Bertz CT molecular complexity index is 402. The largest absolute Gasteiger partial charge is 0.508 e. The van der Waals surface area contributed by atoms with Gasteiger partial charge < -0.3 is 5.11 Å². The van der Waals surface area contributed by atoms with Crippen LogP contribution in [0.5, 0.6) is 5.75 Å². The molecule has 1 aliphatic carbocycles. The maximum absolute atomic E-state index is 10.3. The topological polar surface area (TPSA) is 20.2 Å². The van der Waals surface area contributed by atoms with Gasteiger partial charge in [0.15, 0.2) is 0 Å². The lowest BCUT2D eigenvalue weighted by Crippen LogP contribution is -2.06. The molecule has 1 heteroatoms. The summed E-state index contributed by atoms with van der Waals surface area (Å²) >= 11 is 0. The molecule has 0 aromatic heterocycles. The maximum atomic E-state index is 10.3. The third-order valence-corrected chi connectivity index (χ3v) is 4.57. The van der Waals surface area contributed by atoms with Gasteiger partial charge in [-0.15, -0.1) is 0 Å². The van der Waals surface area contributed by atoms with E-state index in [0.29, 0.717) is 11.7 Å². The molecule has 2 rings (SSSR count). The van der Waals surface area contributed by atoms with Crippen molar-refractivity contribution in [1.82, 2.24) is 0 Å². The van der Waals surface area contributed by atoms with Crippen molar-refractivity contribution in [3.8, 4) is 5.75 Å². The van der Waals surface area contributed by atoms with E-state index in [-0.39, 0.29) is 0 Å². The van der Waals surface area contributed by atoms with Crippen LogP contribution in [0.15, 0.2) is 12.1 Å². The van der Waals surface area contributed by atoms with E-state index in [9.17, 15) is 5.11 Å². The van der Waals surface area contributed by atoms with Gasteiger partial charge in [0.2, 0.25) is 0 Å². The highest BCUT2D eigenvalue weighted by molar-refractivity contribution is 5.44. The molecule has 0 saturated heterocycles. The SMILES string of the molecule is CCCCc1cc(C2CCCCC2)c(O)cc1CC. The highest BCUT2D eigenvalue weighted by Crippen LogP contribution is 2.38. The fraction of sp³-hybridized carbons (Fsp3) is 0.667. The van der Waals surface area contributed by atoms with Crippen LogP contribution in [0.2, 0.25) is 0 Å². The Labute approximate surface area is 118 Å². The van der Waals surface area contributed by atoms with Crippen molar-refractivity contribution >= 4 is 0 Å². The summed E-state index contributed by atoms with van der Waals surface area (Å²) in [6.45, 7) is 4.43. The van der Waals surface area contributed by atoms with Gasteiger partial charge in [0.1, 0.15) is 5.75 Å². The minimum atomic E-state index is 0.545. The van der Waals surface area contributed by atoms with E-state index in [2.05, 4.69) is 19.9 Å². The minimum Gasteiger partial charge on any atom is -0.508 e. The predicted molar refractivity (Wildman–Crippen MR) is 81.9 cm³/mol. The molecular weight excluding hydrogens is 232 g/mol. The zero-order valence-corrected chi connectivity index (χ0v) is 12.5. The molecule has 1 N–H and O–H groups in total. The Balaban J connectivity index is 2.26. The van der Waals surface area contributed by atoms with Crippen molar-refractivity contribution in [2.75, 3.05) is 0 Å². The van der Waals surface area contributed by atoms with Gasteiger partial charge in [-0.1, -0.05) is 45.6 Å². The van der Waals surface area contributed by atoms with Gasteiger partial charge in [0.25, 0.3) is 0 Å². The fourth-order valence-corrected chi connectivity index (χ4v) is 3.37.